The molecule has 2 nitrogen and oxygen atoms in total. The fraction of sp³-hybridized carbons (Fsp3) is 0.278. The van der Waals surface area contributed by atoms with Gasteiger partial charge in [-0.1, -0.05) is 51.8 Å². The van der Waals surface area contributed by atoms with E-state index in [4.69, 9.17) is 16.3 Å². The molecule has 1 atom stereocenters. The molecule has 0 heterocycles. The third-order valence-electron chi connectivity index (χ3n) is 4.19. The molecule has 4 heteroatoms. The number of ether oxygens (including phenoxy) is 1. The summed E-state index contributed by atoms with van der Waals surface area (Å²) in [6.45, 7) is 0. The van der Waals surface area contributed by atoms with Gasteiger partial charge >= 0.3 is 0 Å². The molecule has 0 aromatic heterocycles. The van der Waals surface area contributed by atoms with Crippen molar-refractivity contribution in [3.8, 4) is 5.75 Å². The van der Waals surface area contributed by atoms with Gasteiger partial charge in [-0.2, -0.15) is 0 Å². The molecule has 2 aliphatic carbocycles. The van der Waals surface area contributed by atoms with Crippen molar-refractivity contribution in [1.29, 1.82) is 0 Å². The molecule has 0 amide bonds. The van der Waals surface area contributed by atoms with E-state index in [9.17, 15) is 4.79 Å². The number of carbonyl (C=O) groups is 1. The van der Waals surface area contributed by atoms with E-state index < -0.39 is 0 Å². The number of ketones is 1. The lowest BCUT2D eigenvalue weighted by molar-refractivity contribution is -0.113. The first kappa shape index (κ1) is 15.6. The minimum Gasteiger partial charge on any atom is -0.495 e. The van der Waals surface area contributed by atoms with Crippen molar-refractivity contribution in [3.05, 3.63) is 56.6 Å². The van der Waals surface area contributed by atoms with Crippen molar-refractivity contribution in [3.63, 3.8) is 0 Å². The monoisotopic (exact) mass is 378 g/mol. The Morgan fingerprint density at radius 2 is 2.23 bits per heavy atom. The van der Waals surface area contributed by atoms with Gasteiger partial charge in [-0.15, -0.1) is 0 Å². The highest BCUT2D eigenvalue weighted by Gasteiger charge is 2.31. The fourth-order valence-corrected chi connectivity index (χ4v) is 3.98. The van der Waals surface area contributed by atoms with Gasteiger partial charge in [-0.25, -0.2) is 0 Å². The molecule has 3 rings (SSSR count). The van der Waals surface area contributed by atoms with Crippen molar-refractivity contribution in [2.45, 2.75) is 19.3 Å². The average molecular weight is 380 g/mol. The summed E-state index contributed by atoms with van der Waals surface area (Å²) in [6.07, 6.45) is 8.73. The van der Waals surface area contributed by atoms with Crippen molar-refractivity contribution < 1.29 is 9.53 Å². The maximum atomic E-state index is 12.8. The first-order valence-electron chi connectivity index (χ1n) is 7.25. The van der Waals surface area contributed by atoms with Crippen LogP contribution >= 0.6 is 27.5 Å². The van der Waals surface area contributed by atoms with Crippen molar-refractivity contribution in [2.75, 3.05) is 7.11 Å². The fourth-order valence-electron chi connectivity index (χ4n) is 3.03. The maximum Gasteiger partial charge on any atom is 0.186 e. The van der Waals surface area contributed by atoms with Crippen LogP contribution in [0.1, 0.15) is 24.8 Å². The summed E-state index contributed by atoms with van der Waals surface area (Å²) < 4.78 is 6.15. The maximum absolute atomic E-state index is 12.8. The Balaban J connectivity index is 1.99. The third kappa shape index (κ3) is 2.80. The van der Waals surface area contributed by atoms with E-state index in [2.05, 4.69) is 22.0 Å². The van der Waals surface area contributed by atoms with E-state index in [1.807, 2.05) is 30.4 Å². The van der Waals surface area contributed by atoms with E-state index >= 15 is 0 Å². The second-order valence-corrected chi connectivity index (χ2v) is 6.73. The molecule has 1 aromatic rings. The quantitative estimate of drug-likeness (QED) is 0.650. The molecule has 0 bridgehead atoms. The number of rotatable bonds is 2. The normalized spacial score (nSPS) is 23.0. The number of fused-ring (bicyclic) bond motifs is 1. The first-order valence-corrected chi connectivity index (χ1v) is 8.43. The van der Waals surface area contributed by atoms with Crippen LogP contribution in [0.15, 0.2) is 46.0 Å². The molecular weight excluding hydrogens is 364 g/mol. The van der Waals surface area contributed by atoms with Gasteiger partial charge in [0.2, 0.25) is 0 Å². The van der Waals surface area contributed by atoms with Gasteiger partial charge in [0.15, 0.2) is 5.78 Å². The highest BCUT2D eigenvalue weighted by atomic mass is 79.9. The average Bonchev–Trinajstić information content (AvgIpc) is 2.52. The summed E-state index contributed by atoms with van der Waals surface area (Å²) in [5, 5.41) is 0.545. The van der Waals surface area contributed by atoms with Crippen LogP contribution in [0.25, 0.3) is 6.08 Å². The zero-order chi connectivity index (χ0) is 15.7. The number of allylic oxidation sites excluding steroid dienone is 5. The number of hydrogen-bond donors (Lipinski definition) is 0. The molecular formula is C18H16BrClO2. The van der Waals surface area contributed by atoms with Gasteiger partial charge in [0.05, 0.1) is 12.1 Å². The number of halogens is 2. The van der Waals surface area contributed by atoms with Crippen LogP contribution in [0.5, 0.6) is 5.75 Å². The van der Waals surface area contributed by atoms with Gasteiger partial charge in [0.1, 0.15) is 5.75 Å². The number of benzene rings is 1. The summed E-state index contributed by atoms with van der Waals surface area (Å²) >= 11 is 9.85. The first-order chi connectivity index (χ1) is 10.6. The van der Waals surface area contributed by atoms with E-state index in [1.165, 1.54) is 0 Å². The zero-order valence-electron chi connectivity index (χ0n) is 12.2. The Morgan fingerprint density at radius 1 is 1.41 bits per heavy atom. The van der Waals surface area contributed by atoms with Crippen LogP contribution in [-0.2, 0) is 4.79 Å². The van der Waals surface area contributed by atoms with E-state index in [0.29, 0.717) is 16.7 Å². The molecule has 0 N–H and O–H groups in total. The molecule has 1 saturated carbocycles. The molecule has 1 fully saturated rings. The van der Waals surface area contributed by atoms with Crippen LogP contribution < -0.4 is 4.74 Å². The number of Topliss-reactive ketones (excluding diaryl/α,β-unsaturated/α-hetero) is 1. The highest BCUT2D eigenvalue weighted by molar-refractivity contribution is 9.12. The second-order valence-electron chi connectivity index (χ2n) is 5.50. The highest BCUT2D eigenvalue weighted by Crippen LogP contribution is 2.40. The van der Waals surface area contributed by atoms with Gasteiger partial charge in [-0.3, -0.25) is 4.79 Å². The molecule has 1 unspecified atom stereocenters. The summed E-state index contributed by atoms with van der Waals surface area (Å²) in [6, 6.07) is 5.60. The largest absolute Gasteiger partial charge is 0.495 e. The van der Waals surface area contributed by atoms with Crippen molar-refractivity contribution in [2.24, 2.45) is 5.92 Å². The summed E-state index contributed by atoms with van der Waals surface area (Å²) in [5.41, 5.74) is 2.54. The second kappa shape index (κ2) is 6.43. The lowest BCUT2D eigenvalue weighted by atomic mass is 9.76. The summed E-state index contributed by atoms with van der Waals surface area (Å²) in [7, 11) is 1.59. The van der Waals surface area contributed by atoms with Gasteiger partial charge < -0.3 is 4.74 Å². The summed E-state index contributed by atoms with van der Waals surface area (Å²) in [4.78, 5) is 12.8. The molecule has 1 aromatic carbocycles. The smallest absolute Gasteiger partial charge is 0.186 e. The number of hydrogen-bond acceptors (Lipinski definition) is 2. The summed E-state index contributed by atoms with van der Waals surface area (Å²) in [5.74, 6) is 1.09. The topological polar surface area (TPSA) is 26.3 Å². The molecule has 0 spiro atoms. The van der Waals surface area contributed by atoms with Crippen LogP contribution in [0.2, 0.25) is 5.02 Å². The van der Waals surface area contributed by atoms with E-state index in [-0.39, 0.29) is 5.78 Å². The third-order valence-corrected chi connectivity index (χ3v) is 5.29. The minimum absolute atomic E-state index is 0.131. The predicted octanol–water partition coefficient (Wildman–Crippen LogP) is 5.32. The molecule has 2 aliphatic rings. The van der Waals surface area contributed by atoms with Gasteiger partial charge in [0.25, 0.3) is 0 Å². The Labute approximate surface area is 143 Å². The molecule has 0 aliphatic heterocycles. The Morgan fingerprint density at radius 3 is 3.00 bits per heavy atom. The molecule has 22 heavy (non-hydrogen) atoms. The molecule has 0 saturated heterocycles. The SMILES string of the molecule is COc1cccc(C=C2CCC3CC=CC(Br)=C3C2=O)c1Cl. The Kier molecular flexibility index (Phi) is 4.55. The van der Waals surface area contributed by atoms with Crippen molar-refractivity contribution >= 4 is 39.4 Å². The zero-order valence-corrected chi connectivity index (χ0v) is 14.6. The van der Waals surface area contributed by atoms with Crippen LogP contribution in [0.3, 0.4) is 0 Å². The lowest BCUT2D eigenvalue weighted by Crippen LogP contribution is -2.23. The van der Waals surface area contributed by atoms with Crippen LogP contribution in [-0.4, -0.2) is 12.9 Å². The Hall–Kier alpha value is -1.32. The van der Waals surface area contributed by atoms with Crippen LogP contribution in [0, 0.1) is 5.92 Å². The molecule has 114 valence electrons. The minimum atomic E-state index is 0.131. The number of methoxy groups -OCH3 is 1. The van der Waals surface area contributed by atoms with Crippen LogP contribution in [0.4, 0.5) is 0 Å². The number of carbonyl (C=O) groups excluding carboxylic acids is 1. The van der Waals surface area contributed by atoms with E-state index in [1.54, 1.807) is 7.11 Å². The Bertz CT molecular complexity index is 716. The standard InChI is InChI=1S/C18H16BrClO2/c1-22-15-7-3-5-12(17(15)20)10-13-9-8-11-4-2-6-14(19)16(11)18(13)21/h2-3,5-7,10-11H,4,8-9H2,1H3. The van der Waals surface area contributed by atoms with Gasteiger partial charge in [-0.05, 0) is 42.9 Å². The van der Waals surface area contributed by atoms with Gasteiger partial charge in [0, 0.05) is 15.6 Å². The lowest BCUT2D eigenvalue weighted by Gasteiger charge is -2.28. The van der Waals surface area contributed by atoms with E-state index in [0.717, 1.165) is 40.5 Å². The van der Waals surface area contributed by atoms with Crippen molar-refractivity contribution in [1.82, 2.24) is 0 Å². The molecule has 0 radical (unpaired) electrons. The predicted molar refractivity (Wildman–Crippen MR) is 93.4 cm³/mol.